The quantitative estimate of drug-likeness (QED) is 0.699. The number of rotatable bonds is 1. The van der Waals surface area contributed by atoms with Gasteiger partial charge in [0.2, 0.25) is 0 Å². The van der Waals surface area contributed by atoms with E-state index in [4.69, 9.17) is 0 Å². The van der Waals surface area contributed by atoms with Gasteiger partial charge in [0.25, 0.3) is 0 Å². The molecule has 2 heterocycles. The van der Waals surface area contributed by atoms with Crippen molar-refractivity contribution in [3.63, 3.8) is 0 Å². The first-order valence-corrected chi connectivity index (χ1v) is 5.80. The largest absolute Gasteiger partial charge is 0.373 e. The van der Waals surface area contributed by atoms with Gasteiger partial charge in [-0.05, 0) is 36.8 Å². The summed E-state index contributed by atoms with van der Waals surface area (Å²) < 4.78 is 0. The third-order valence-corrected chi connectivity index (χ3v) is 3.33. The van der Waals surface area contributed by atoms with Crippen LogP contribution in [-0.2, 0) is 6.42 Å². The Kier molecular flexibility index (Phi) is 2.68. The topological polar surface area (TPSA) is 16.1 Å². The molecule has 1 aliphatic heterocycles. The highest BCUT2D eigenvalue weighted by molar-refractivity contribution is 5.60. The van der Waals surface area contributed by atoms with Crippen molar-refractivity contribution >= 4 is 5.69 Å². The van der Waals surface area contributed by atoms with E-state index < -0.39 is 0 Å². The van der Waals surface area contributed by atoms with E-state index in [1.54, 1.807) is 0 Å². The molecule has 0 aliphatic carbocycles. The van der Waals surface area contributed by atoms with Gasteiger partial charge in [-0.1, -0.05) is 13.8 Å². The molecule has 1 aromatic heterocycles. The van der Waals surface area contributed by atoms with Gasteiger partial charge in [0.05, 0.1) is 11.4 Å². The molecule has 0 unspecified atom stereocenters. The van der Waals surface area contributed by atoms with Crippen LogP contribution >= 0.6 is 0 Å². The third-order valence-electron chi connectivity index (χ3n) is 3.33. The summed E-state index contributed by atoms with van der Waals surface area (Å²) in [6.45, 7) is 7.87. The Morgan fingerprint density at radius 1 is 1.40 bits per heavy atom. The van der Waals surface area contributed by atoms with Crippen LogP contribution in [0.4, 0.5) is 5.69 Å². The Labute approximate surface area is 92.3 Å². The number of nitrogens with zero attached hydrogens (tertiary/aromatic N) is 2. The zero-order valence-corrected chi connectivity index (χ0v) is 10.2. The Hall–Kier alpha value is -1.05. The highest BCUT2D eigenvalue weighted by atomic mass is 15.1. The van der Waals surface area contributed by atoms with Gasteiger partial charge in [-0.25, -0.2) is 0 Å². The zero-order chi connectivity index (χ0) is 11.0. The van der Waals surface area contributed by atoms with Gasteiger partial charge >= 0.3 is 0 Å². The molecule has 0 saturated carbocycles. The molecule has 1 aliphatic rings. The van der Waals surface area contributed by atoms with Crippen molar-refractivity contribution in [2.24, 2.45) is 0 Å². The van der Waals surface area contributed by atoms with Crippen LogP contribution in [0.3, 0.4) is 0 Å². The van der Waals surface area contributed by atoms with Crippen molar-refractivity contribution in [2.75, 3.05) is 18.5 Å². The Morgan fingerprint density at radius 2 is 2.13 bits per heavy atom. The maximum absolute atomic E-state index is 4.61. The first-order chi connectivity index (χ1) is 7.11. The predicted molar refractivity (Wildman–Crippen MR) is 64.7 cm³/mol. The molecule has 82 valence electrons. The first kappa shape index (κ1) is 10.5. The first-order valence-electron chi connectivity index (χ1n) is 5.80. The van der Waals surface area contributed by atoms with Crippen LogP contribution in [0, 0.1) is 6.92 Å². The summed E-state index contributed by atoms with van der Waals surface area (Å²) >= 11 is 0. The maximum atomic E-state index is 4.61. The lowest BCUT2D eigenvalue weighted by molar-refractivity contribution is 0.714. The SMILES string of the molecule is Cc1c(C(C)C)cnc2c1N(C)CCC2. The normalized spacial score (nSPS) is 15.7. The Morgan fingerprint density at radius 3 is 2.80 bits per heavy atom. The lowest BCUT2D eigenvalue weighted by Gasteiger charge is -2.30. The predicted octanol–water partition coefficient (Wildman–Crippen LogP) is 2.90. The summed E-state index contributed by atoms with van der Waals surface area (Å²) in [6, 6.07) is 0. The highest BCUT2D eigenvalue weighted by Crippen LogP contribution is 2.32. The molecule has 0 saturated heterocycles. The summed E-state index contributed by atoms with van der Waals surface area (Å²) in [7, 11) is 2.18. The molecular formula is C13H20N2. The van der Waals surface area contributed by atoms with E-state index in [-0.39, 0.29) is 0 Å². The number of hydrogen-bond acceptors (Lipinski definition) is 2. The molecule has 0 radical (unpaired) electrons. The summed E-state index contributed by atoms with van der Waals surface area (Å²) in [5.74, 6) is 0.568. The summed E-state index contributed by atoms with van der Waals surface area (Å²) in [4.78, 5) is 6.96. The average molecular weight is 204 g/mol. The Balaban J connectivity index is 2.54. The molecule has 0 aromatic carbocycles. The number of anilines is 1. The van der Waals surface area contributed by atoms with E-state index in [9.17, 15) is 0 Å². The number of aryl methyl sites for hydroxylation is 1. The van der Waals surface area contributed by atoms with Crippen molar-refractivity contribution in [1.29, 1.82) is 0 Å². The summed E-state index contributed by atoms with van der Waals surface area (Å²) in [5.41, 5.74) is 5.48. The van der Waals surface area contributed by atoms with Gasteiger partial charge in [-0.2, -0.15) is 0 Å². The van der Waals surface area contributed by atoms with E-state index in [2.05, 4.69) is 43.9 Å². The highest BCUT2D eigenvalue weighted by Gasteiger charge is 2.19. The fourth-order valence-electron chi connectivity index (χ4n) is 2.53. The van der Waals surface area contributed by atoms with Crippen molar-refractivity contribution in [1.82, 2.24) is 4.98 Å². The van der Waals surface area contributed by atoms with Crippen LogP contribution in [0.2, 0.25) is 0 Å². The van der Waals surface area contributed by atoms with Gasteiger partial charge in [0.1, 0.15) is 0 Å². The van der Waals surface area contributed by atoms with Crippen LogP contribution in [0.5, 0.6) is 0 Å². The average Bonchev–Trinajstić information content (AvgIpc) is 2.17. The fraction of sp³-hybridized carbons (Fsp3) is 0.615. The molecule has 0 spiro atoms. The van der Waals surface area contributed by atoms with Crippen LogP contribution in [0.25, 0.3) is 0 Å². The van der Waals surface area contributed by atoms with Gasteiger partial charge in [0.15, 0.2) is 0 Å². The number of hydrogen-bond donors (Lipinski definition) is 0. The van der Waals surface area contributed by atoms with E-state index >= 15 is 0 Å². The fourth-order valence-corrected chi connectivity index (χ4v) is 2.53. The van der Waals surface area contributed by atoms with Crippen molar-refractivity contribution in [3.05, 3.63) is 23.0 Å². The molecule has 0 N–H and O–H groups in total. The maximum Gasteiger partial charge on any atom is 0.0640 e. The van der Waals surface area contributed by atoms with Crippen LogP contribution in [0.1, 0.15) is 43.0 Å². The minimum atomic E-state index is 0.568. The molecule has 1 aromatic rings. The zero-order valence-electron chi connectivity index (χ0n) is 10.2. The van der Waals surface area contributed by atoms with Gasteiger partial charge in [-0.3, -0.25) is 4.98 Å². The molecule has 2 nitrogen and oxygen atoms in total. The second-order valence-electron chi connectivity index (χ2n) is 4.81. The molecule has 2 heteroatoms. The van der Waals surface area contributed by atoms with E-state index in [0.29, 0.717) is 5.92 Å². The monoisotopic (exact) mass is 204 g/mol. The molecule has 2 rings (SSSR count). The minimum Gasteiger partial charge on any atom is -0.373 e. The number of pyridine rings is 1. The second kappa shape index (κ2) is 3.84. The minimum absolute atomic E-state index is 0.568. The van der Waals surface area contributed by atoms with E-state index in [0.717, 1.165) is 13.0 Å². The van der Waals surface area contributed by atoms with E-state index in [1.165, 1.54) is 28.9 Å². The number of aromatic nitrogens is 1. The number of fused-ring (bicyclic) bond motifs is 1. The Bertz CT molecular complexity index is 369. The smallest absolute Gasteiger partial charge is 0.0640 e. The van der Waals surface area contributed by atoms with Gasteiger partial charge < -0.3 is 4.90 Å². The molecule has 0 fully saturated rings. The van der Waals surface area contributed by atoms with E-state index in [1.807, 2.05) is 0 Å². The molecule has 15 heavy (non-hydrogen) atoms. The lowest BCUT2D eigenvalue weighted by Crippen LogP contribution is -2.27. The molecule has 0 bridgehead atoms. The van der Waals surface area contributed by atoms with Crippen molar-refractivity contribution < 1.29 is 0 Å². The van der Waals surface area contributed by atoms with Gasteiger partial charge in [-0.15, -0.1) is 0 Å². The lowest BCUT2D eigenvalue weighted by atomic mass is 9.95. The van der Waals surface area contributed by atoms with Crippen LogP contribution < -0.4 is 4.90 Å². The molecule has 0 atom stereocenters. The van der Waals surface area contributed by atoms with Crippen molar-refractivity contribution in [2.45, 2.75) is 39.5 Å². The summed E-state index contributed by atoms with van der Waals surface area (Å²) in [5, 5.41) is 0. The second-order valence-corrected chi connectivity index (χ2v) is 4.81. The van der Waals surface area contributed by atoms with Gasteiger partial charge in [0, 0.05) is 19.8 Å². The third kappa shape index (κ3) is 1.73. The van der Waals surface area contributed by atoms with Crippen LogP contribution in [0.15, 0.2) is 6.20 Å². The molecular weight excluding hydrogens is 184 g/mol. The van der Waals surface area contributed by atoms with Crippen LogP contribution in [-0.4, -0.2) is 18.6 Å². The standard InChI is InChI=1S/C13H20N2/c1-9(2)11-8-14-12-6-5-7-15(4)13(12)10(11)3/h8-9H,5-7H2,1-4H3. The summed E-state index contributed by atoms with van der Waals surface area (Å²) in [6.07, 6.45) is 4.44. The van der Waals surface area contributed by atoms with Crippen molar-refractivity contribution in [3.8, 4) is 0 Å². The molecule has 0 amide bonds.